The molecule has 0 aromatic heterocycles. The molecule has 0 amide bonds. The number of hydrogen-bond acceptors (Lipinski definition) is 7. The van der Waals surface area contributed by atoms with E-state index in [2.05, 4.69) is 71.4 Å². The van der Waals surface area contributed by atoms with Crippen LogP contribution >= 0.6 is 0 Å². The number of piperidine rings is 1. The predicted molar refractivity (Wildman–Crippen MR) is 267 cm³/mol. The summed E-state index contributed by atoms with van der Waals surface area (Å²) >= 11 is 0. The molecular weight excluding hydrogens is 785 g/mol. The largest absolute Gasteiger partial charge is 0.464 e. The third-order valence-electron chi connectivity index (χ3n) is 15.4. The molecule has 366 valence electrons. The monoisotopic (exact) mass is 891 g/mol. The topological polar surface area (TPSA) is 68.3 Å². The van der Waals surface area contributed by atoms with Gasteiger partial charge >= 0.3 is 11.9 Å². The van der Waals surface area contributed by atoms with Crippen LogP contribution in [0.15, 0.2) is 0 Å². The Labute approximate surface area is 387 Å². The second-order valence-electron chi connectivity index (χ2n) is 21.9. The number of carbonyl (C=O) groups excluding carboxylic acids is 2. The number of likely N-dealkylation sites (tertiary alicyclic amines) is 2. The molecule has 0 aliphatic carbocycles. The van der Waals surface area contributed by atoms with Gasteiger partial charge in [-0.25, -0.2) is 0 Å². The van der Waals surface area contributed by atoms with Crippen molar-refractivity contribution in [2.24, 2.45) is 17.3 Å². The van der Waals surface area contributed by atoms with Gasteiger partial charge in [0, 0.05) is 13.2 Å². The van der Waals surface area contributed by atoms with Crippen LogP contribution in [0.2, 0.25) is 18.1 Å². The summed E-state index contributed by atoms with van der Waals surface area (Å²) in [4.78, 5) is 33.0. The fourth-order valence-corrected chi connectivity index (χ4v) is 10.8. The van der Waals surface area contributed by atoms with Crippen LogP contribution in [0.3, 0.4) is 0 Å². The van der Waals surface area contributed by atoms with Crippen molar-refractivity contribution < 1.29 is 23.5 Å². The van der Waals surface area contributed by atoms with E-state index in [1.807, 2.05) is 0 Å². The average Bonchev–Trinajstić information content (AvgIpc) is 3.64. The van der Waals surface area contributed by atoms with Crippen LogP contribution in [0.25, 0.3) is 0 Å². The Balaban J connectivity index is 2.05. The molecular formula is C54H106N2O5Si. The maximum absolute atomic E-state index is 13.9. The fraction of sp³-hybridized carbons (Fsp3) is 0.963. The van der Waals surface area contributed by atoms with E-state index in [4.69, 9.17) is 13.9 Å². The molecule has 2 aliphatic heterocycles. The van der Waals surface area contributed by atoms with Crippen molar-refractivity contribution in [2.75, 3.05) is 52.5 Å². The first-order valence-corrected chi connectivity index (χ1v) is 30.2. The molecule has 2 unspecified atom stereocenters. The van der Waals surface area contributed by atoms with E-state index in [1.165, 1.54) is 154 Å². The first-order chi connectivity index (χ1) is 29.8. The molecule has 0 aromatic rings. The van der Waals surface area contributed by atoms with Crippen LogP contribution in [-0.4, -0.2) is 88.6 Å². The molecule has 2 saturated heterocycles. The number of unbranched alkanes of at least 4 members (excludes halogenated alkanes) is 18. The summed E-state index contributed by atoms with van der Waals surface area (Å²) in [6, 6.07) is -0.0872. The van der Waals surface area contributed by atoms with E-state index in [0.29, 0.717) is 18.6 Å². The van der Waals surface area contributed by atoms with E-state index >= 15 is 0 Å². The van der Waals surface area contributed by atoms with Gasteiger partial charge in [-0.05, 0) is 114 Å². The standard InChI is InChI=1S/C54H106N2O5Si/c1-10-14-18-22-24-29-35-48(33-27-20-16-12-3)51(57)59-45-50(46-60-52(58)49(34-28-21-17-13-4)36-30-25-23-19-15-11-2)56-42-38-54(39-43-56)37-41-55(47-54)40-31-26-32-44-61-62(8,9)53(5,6)7/h48-50H,10-47H2,1-9H3. The van der Waals surface area contributed by atoms with Gasteiger partial charge in [-0.15, -0.1) is 0 Å². The van der Waals surface area contributed by atoms with Crippen LogP contribution in [0, 0.1) is 17.3 Å². The Hall–Kier alpha value is -0.963. The Morgan fingerprint density at radius 2 is 0.935 bits per heavy atom. The lowest BCUT2D eigenvalue weighted by Gasteiger charge is -2.42. The van der Waals surface area contributed by atoms with Gasteiger partial charge < -0.3 is 18.8 Å². The summed E-state index contributed by atoms with van der Waals surface area (Å²) in [6.07, 6.45) is 35.3. The lowest BCUT2D eigenvalue weighted by molar-refractivity contribution is -0.156. The molecule has 8 heteroatoms. The van der Waals surface area contributed by atoms with Crippen molar-refractivity contribution in [3.63, 3.8) is 0 Å². The zero-order chi connectivity index (χ0) is 45.5. The molecule has 2 atom stereocenters. The number of ether oxygens (including phenoxy) is 2. The van der Waals surface area contributed by atoms with Crippen LogP contribution in [0.1, 0.15) is 241 Å². The molecule has 62 heavy (non-hydrogen) atoms. The van der Waals surface area contributed by atoms with Gasteiger partial charge in [-0.3, -0.25) is 14.5 Å². The summed E-state index contributed by atoms with van der Waals surface area (Å²) in [5.41, 5.74) is 0.376. The maximum Gasteiger partial charge on any atom is 0.308 e. The minimum Gasteiger partial charge on any atom is -0.464 e. The molecule has 0 saturated carbocycles. The molecule has 0 aromatic carbocycles. The summed E-state index contributed by atoms with van der Waals surface area (Å²) in [7, 11) is -1.66. The average molecular weight is 892 g/mol. The summed E-state index contributed by atoms with van der Waals surface area (Å²) < 4.78 is 19.1. The minimum atomic E-state index is -1.66. The highest BCUT2D eigenvalue weighted by Crippen LogP contribution is 2.41. The number of nitrogens with zero attached hydrogens (tertiary/aromatic N) is 2. The highest BCUT2D eigenvalue weighted by Gasteiger charge is 2.42. The Morgan fingerprint density at radius 3 is 1.37 bits per heavy atom. The second kappa shape index (κ2) is 33.5. The van der Waals surface area contributed by atoms with Gasteiger partial charge in [-0.2, -0.15) is 0 Å². The Bertz CT molecular complexity index is 1070. The van der Waals surface area contributed by atoms with Crippen molar-refractivity contribution >= 4 is 20.3 Å². The smallest absolute Gasteiger partial charge is 0.308 e. The SMILES string of the molecule is CCCCCCCCC(CCCCCC)C(=O)OCC(COC(=O)C(CCCCCC)CCCCCCCC)N1CCC2(CCN(CCCCCO[Si](C)(C)C(C)(C)C)C2)CC1. The van der Waals surface area contributed by atoms with E-state index < -0.39 is 8.32 Å². The number of esters is 2. The highest BCUT2D eigenvalue weighted by molar-refractivity contribution is 6.74. The number of rotatable bonds is 38. The summed E-state index contributed by atoms with van der Waals surface area (Å²) in [5.74, 6) is -0.0841. The summed E-state index contributed by atoms with van der Waals surface area (Å²) in [6.45, 7) is 27.8. The molecule has 7 nitrogen and oxygen atoms in total. The third kappa shape index (κ3) is 24.0. The highest BCUT2D eigenvalue weighted by atomic mass is 28.4. The van der Waals surface area contributed by atoms with Gasteiger partial charge in [0.15, 0.2) is 8.32 Å². The lowest BCUT2D eigenvalue weighted by Crippen LogP contribution is -2.50. The van der Waals surface area contributed by atoms with E-state index in [9.17, 15) is 9.59 Å². The lowest BCUT2D eigenvalue weighted by atomic mass is 9.77. The number of carbonyl (C=O) groups is 2. The van der Waals surface area contributed by atoms with Crippen LogP contribution in [-0.2, 0) is 23.5 Å². The van der Waals surface area contributed by atoms with Gasteiger partial charge in [0.1, 0.15) is 13.2 Å². The third-order valence-corrected chi connectivity index (χ3v) is 19.9. The van der Waals surface area contributed by atoms with Crippen molar-refractivity contribution in [2.45, 2.75) is 265 Å². The molecule has 2 heterocycles. The second-order valence-corrected chi connectivity index (χ2v) is 26.7. The number of hydrogen-bond donors (Lipinski definition) is 0. The van der Waals surface area contributed by atoms with Gasteiger partial charge in [-0.1, -0.05) is 177 Å². The zero-order valence-corrected chi connectivity index (χ0v) is 44.0. The van der Waals surface area contributed by atoms with E-state index in [-0.39, 0.29) is 34.9 Å². The van der Waals surface area contributed by atoms with Gasteiger partial charge in [0.2, 0.25) is 0 Å². The van der Waals surface area contributed by atoms with Crippen molar-refractivity contribution in [3.05, 3.63) is 0 Å². The molecule has 2 aliphatic rings. The molecule has 2 fully saturated rings. The van der Waals surface area contributed by atoms with Crippen LogP contribution in [0.4, 0.5) is 0 Å². The van der Waals surface area contributed by atoms with Crippen LogP contribution < -0.4 is 0 Å². The van der Waals surface area contributed by atoms with Crippen molar-refractivity contribution in [1.82, 2.24) is 9.80 Å². The predicted octanol–water partition coefficient (Wildman–Crippen LogP) is 15.1. The van der Waals surface area contributed by atoms with Crippen molar-refractivity contribution in [3.8, 4) is 0 Å². The Morgan fingerprint density at radius 1 is 0.548 bits per heavy atom. The molecule has 2 rings (SSSR count). The normalized spacial score (nSPS) is 17.7. The molecule has 1 spiro atoms. The molecule has 0 bridgehead atoms. The molecule has 0 N–H and O–H groups in total. The van der Waals surface area contributed by atoms with E-state index in [0.717, 1.165) is 77.5 Å². The maximum atomic E-state index is 13.9. The fourth-order valence-electron chi connectivity index (χ4n) is 9.74. The summed E-state index contributed by atoms with van der Waals surface area (Å²) in [5, 5.41) is 0.272. The Kier molecular flexibility index (Phi) is 30.9. The van der Waals surface area contributed by atoms with E-state index in [1.54, 1.807) is 0 Å². The first kappa shape index (κ1) is 57.2. The minimum absolute atomic E-state index is 0.0188. The van der Waals surface area contributed by atoms with Gasteiger partial charge in [0.25, 0.3) is 0 Å². The van der Waals surface area contributed by atoms with Crippen LogP contribution in [0.5, 0.6) is 0 Å². The zero-order valence-electron chi connectivity index (χ0n) is 43.0. The van der Waals surface area contributed by atoms with Crippen molar-refractivity contribution in [1.29, 1.82) is 0 Å². The molecule has 0 radical (unpaired) electrons. The first-order valence-electron chi connectivity index (χ1n) is 27.2. The quantitative estimate of drug-likeness (QED) is 0.0347. The van der Waals surface area contributed by atoms with Gasteiger partial charge in [0.05, 0.1) is 17.9 Å².